The average Bonchev–Trinajstić information content (AvgIpc) is 2.66. The highest BCUT2D eigenvalue weighted by Crippen LogP contribution is 2.18. The number of rotatable bonds is 9. The second-order valence-electron chi connectivity index (χ2n) is 5.94. The molecule has 146 valence electrons. The van der Waals surface area contributed by atoms with E-state index in [9.17, 15) is 8.78 Å². The van der Waals surface area contributed by atoms with E-state index in [2.05, 4.69) is 46.3 Å². The molecule has 0 atom stereocenters. The lowest BCUT2D eigenvalue weighted by Crippen LogP contribution is -2.29. The summed E-state index contributed by atoms with van der Waals surface area (Å²) in [7, 11) is 0. The zero-order valence-corrected chi connectivity index (χ0v) is 16.4. The third-order valence-electron chi connectivity index (χ3n) is 4.18. The lowest BCUT2D eigenvalue weighted by Gasteiger charge is -2.20. The van der Waals surface area contributed by atoms with Crippen molar-refractivity contribution in [1.82, 2.24) is 10.2 Å². The van der Waals surface area contributed by atoms with Gasteiger partial charge in [-0.15, -0.1) is 0 Å². The molecule has 2 aromatic carbocycles. The Hall–Kier alpha value is -2.25. The van der Waals surface area contributed by atoms with Crippen molar-refractivity contribution in [2.45, 2.75) is 33.5 Å². The number of halogens is 2. The molecule has 0 aliphatic rings. The Labute approximate surface area is 164 Å². The minimum Gasteiger partial charge on any atom is -0.435 e. The number of nitrogens with one attached hydrogen (secondary N) is 2. The Bertz CT molecular complexity index is 721. The van der Waals surface area contributed by atoms with Gasteiger partial charge in [-0.2, -0.15) is 8.78 Å². The highest BCUT2D eigenvalue weighted by atomic mass is 32.1. The molecule has 0 saturated heterocycles. The first kappa shape index (κ1) is 21.1. The van der Waals surface area contributed by atoms with E-state index >= 15 is 0 Å². The molecule has 0 aromatic heterocycles. The summed E-state index contributed by atoms with van der Waals surface area (Å²) >= 11 is 5.33. The highest BCUT2D eigenvalue weighted by Gasteiger charge is 2.07. The van der Waals surface area contributed by atoms with E-state index in [1.165, 1.54) is 23.3 Å². The van der Waals surface area contributed by atoms with Gasteiger partial charge in [-0.05, 0) is 60.7 Å². The summed E-state index contributed by atoms with van der Waals surface area (Å²) in [5.74, 6) is 0.111. The lowest BCUT2D eigenvalue weighted by atomic mass is 10.1. The van der Waals surface area contributed by atoms with Crippen molar-refractivity contribution >= 4 is 23.0 Å². The van der Waals surface area contributed by atoms with E-state index in [4.69, 9.17) is 12.2 Å². The fourth-order valence-electron chi connectivity index (χ4n) is 2.64. The smallest absolute Gasteiger partial charge is 0.387 e. The average molecular weight is 394 g/mol. The third kappa shape index (κ3) is 7.11. The summed E-state index contributed by atoms with van der Waals surface area (Å²) in [4.78, 5) is 2.36. The largest absolute Gasteiger partial charge is 0.435 e. The van der Waals surface area contributed by atoms with Gasteiger partial charge in [0.15, 0.2) is 5.11 Å². The summed E-state index contributed by atoms with van der Waals surface area (Å²) < 4.78 is 28.7. The molecule has 2 rings (SSSR count). The monoisotopic (exact) mass is 393 g/mol. The Morgan fingerprint density at radius 2 is 1.67 bits per heavy atom. The van der Waals surface area contributed by atoms with Crippen LogP contribution in [-0.4, -0.2) is 29.7 Å². The number of hydrogen-bond acceptors (Lipinski definition) is 3. The summed E-state index contributed by atoms with van der Waals surface area (Å²) in [5.41, 5.74) is 3.16. The summed E-state index contributed by atoms with van der Waals surface area (Å²) in [6, 6.07) is 14.5. The number of thiocarbonyl (C=S) groups is 1. The predicted molar refractivity (Wildman–Crippen MR) is 109 cm³/mol. The second kappa shape index (κ2) is 10.8. The van der Waals surface area contributed by atoms with Crippen LogP contribution in [0.2, 0.25) is 0 Å². The Kier molecular flexibility index (Phi) is 8.42. The standard InChI is InChI=1S/C20H25F2N3OS/c1-3-25(4-2)14-16-8-6-5-7-15(16)13-23-20(27)24-17-9-11-18(12-10-17)26-19(21)22/h5-12,19H,3-4,13-14H2,1-2H3,(H2,23,24,27). The fourth-order valence-corrected chi connectivity index (χ4v) is 2.83. The fraction of sp³-hybridized carbons (Fsp3) is 0.350. The molecule has 0 aliphatic heterocycles. The molecular formula is C20H25F2N3OS. The van der Waals surface area contributed by atoms with Gasteiger partial charge in [0.25, 0.3) is 0 Å². The van der Waals surface area contributed by atoms with Crippen LogP contribution in [-0.2, 0) is 13.1 Å². The number of anilines is 1. The van der Waals surface area contributed by atoms with Crippen molar-refractivity contribution in [2.24, 2.45) is 0 Å². The van der Waals surface area contributed by atoms with Crippen LogP contribution in [0.4, 0.5) is 14.5 Å². The van der Waals surface area contributed by atoms with E-state index in [0.29, 0.717) is 17.3 Å². The molecule has 27 heavy (non-hydrogen) atoms. The van der Waals surface area contributed by atoms with E-state index in [0.717, 1.165) is 19.6 Å². The molecule has 4 nitrogen and oxygen atoms in total. The molecule has 0 unspecified atom stereocenters. The molecule has 0 bridgehead atoms. The molecule has 2 N–H and O–H groups in total. The van der Waals surface area contributed by atoms with Crippen LogP contribution in [0.3, 0.4) is 0 Å². The van der Waals surface area contributed by atoms with Gasteiger partial charge in [0.1, 0.15) is 5.75 Å². The molecule has 0 aliphatic carbocycles. The predicted octanol–water partition coefficient (Wildman–Crippen LogP) is 4.62. The SMILES string of the molecule is CCN(CC)Cc1ccccc1CNC(=S)Nc1ccc(OC(F)F)cc1. The number of hydrogen-bond donors (Lipinski definition) is 2. The van der Waals surface area contributed by atoms with E-state index < -0.39 is 6.61 Å². The molecule has 0 spiro atoms. The van der Waals surface area contributed by atoms with Crippen LogP contribution in [0.5, 0.6) is 5.75 Å². The van der Waals surface area contributed by atoms with Gasteiger partial charge in [-0.3, -0.25) is 4.90 Å². The quantitative estimate of drug-likeness (QED) is 0.608. The van der Waals surface area contributed by atoms with Crippen LogP contribution in [0.15, 0.2) is 48.5 Å². The Morgan fingerprint density at radius 3 is 2.26 bits per heavy atom. The summed E-state index contributed by atoms with van der Waals surface area (Å²) in [6.45, 7) is 4.99. The first-order valence-electron chi connectivity index (χ1n) is 8.90. The van der Waals surface area contributed by atoms with Gasteiger partial charge in [0, 0.05) is 18.8 Å². The molecule has 0 radical (unpaired) electrons. The Balaban J connectivity index is 1.90. The van der Waals surface area contributed by atoms with Crippen molar-refractivity contribution < 1.29 is 13.5 Å². The maximum absolute atomic E-state index is 12.2. The molecule has 0 amide bonds. The van der Waals surface area contributed by atoms with Crippen molar-refractivity contribution in [1.29, 1.82) is 0 Å². The van der Waals surface area contributed by atoms with Gasteiger partial charge in [-0.25, -0.2) is 0 Å². The normalized spacial score (nSPS) is 10.9. The summed E-state index contributed by atoms with van der Waals surface area (Å²) in [5, 5.41) is 6.70. The molecular weight excluding hydrogens is 368 g/mol. The van der Waals surface area contributed by atoms with E-state index in [1.807, 2.05) is 12.1 Å². The van der Waals surface area contributed by atoms with Gasteiger partial charge < -0.3 is 15.4 Å². The minimum absolute atomic E-state index is 0.111. The summed E-state index contributed by atoms with van der Waals surface area (Å²) in [6.07, 6.45) is 0. The molecule has 0 saturated carbocycles. The highest BCUT2D eigenvalue weighted by molar-refractivity contribution is 7.80. The van der Waals surface area contributed by atoms with Crippen molar-refractivity contribution in [3.8, 4) is 5.75 Å². The Morgan fingerprint density at radius 1 is 1.04 bits per heavy atom. The molecule has 0 fully saturated rings. The van der Waals surface area contributed by atoms with Gasteiger partial charge in [0.2, 0.25) is 0 Å². The first-order valence-corrected chi connectivity index (χ1v) is 9.31. The number of ether oxygens (including phenoxy) is 1. The van der Waals surface area contributed by atoms with Crippen LogP contribution >= 0.6 is 12.2 Å². The van der Waals surface area contributed by atoms with Crippen LogP contribution in [0, 0.1) is 0 Å². The van der Waals surface area contributed by atoms with Crippen molar-refractivity contribution in [2.75, 3.05) is 18.4 Å². The van der Waals surface area contributed by atoms with E-state index in [-0.39, 0.29) is 5.75 Å². The van der Waals surface area contributed by atoms with Crippen molar-refractivity contribution in [3.63, 3.8) is 0 Å². The van der Waals surface area contributed by atoms with Crippen LogP contribution in [0.1, 0.15) is 25.0 Å². The maximum Gasteiger partial charge on any atom is 0.387 e. The molecule has 0 heterocycles. The van der Waals surface area contributed by atoms with Gasteiger partial charge in [-0.1, -0.05) is 38.1 Å². The molecule has 7 heteroatoms. The first-order chi connectivity index (χ1) is 13.0. The molecule has 2 aromatic rings. The lowest BCUT2D eigenvalue weighted by molar-refractivity contribution is -0.0498. The van der Waals surface area contributed by atoms with Crippen LogP contribution in [0.25, 0.3) is 0 Å². The van der Waals surface area contributed by atoms with E-state index in [1.54, 1.807) is 12.1 Å². The number of nitrogens with zero attached hydrogens (tertiary/aromatic N) is 1. The number of alkyl halides is 2. The third-order valence-corrected chi connectivity index (χ3v) is 4.43. The van der Waals surface area contributed by atoms with Gasteiger partial charge >= 0.3 is 6.61 Å². The topological polar surface area (TPSA) is 36.5 Å². The maximum atomic E-state index is 12.2. The minimum atomic E-state index is -2.83. The van der Waals surface area contributed by atoms with Crippen LogP contribution < -0.4 is 15.4 Å². The zero-order chi connectivity index (χ0) is 19.6. The van der Waals surface area contributed by atoms with Gasteiger partial charge in [0.05, 0.1) is 0 Å². The second-order valence-corrected chi connectivity index (χ2v) is 6.35. The zero-order valence-electron chi connectivity index (χ0n) is 15.5. The van der Waals surface area contributed by atoms with Crippen molar-refractivity contribution in [3.05, 3.63) is 59.7 Å². The number of benzene rings is 2.